The smallest absolute Gasteiger partial charge is 0.163 e. The van der Waals surface area contributed by atoms with Crippen LogP contribution in [-0.2, 0) is 18.9 Å². The summed E-state index contributed by atoms with van der Waals surface area (Å²) < 4.78 is 23.1. The van der Waals surface area contributed by atoms with Gasteiger partial charge in [0.1, 0.15) is 0 Å². The van der Waals surface area contributed by atoms with E-state index in [1.807, 2.05) is 13.8 Å². The Morgan fingerprint density at radius 2 is 1.67 bits per heavy atom. The van der Waals surface area contributed by atoms with E-state index in [-0.39, 0.29) is 12.1 Å². The van der Waals surface area contributed by atoms with Crippen molar-refractivity contribution >= 4 is 0 Å². The van der Waals surface area contributed by atoms with Crippen LogP contribution in [0.25, 0.3) is 0 Å². The topological polar surface area (TPSA) is 36.9 Å². The van der Waals surface area contributed by atoms with Gasteiger partial charge in [0.05, 0.1) is 12.7 Å². The van der Waals surface area contributed by atoms with Crippen molar-refractivity contribution in [1.82, 2.24) is 0 Å². The van der Waals surface area contributed by atoms with Crippen molar-refractivity contribution in [3.8, 4) is 0 Å². The first-order valence-electron chi connectivity index (χ1n) is 11.7. The SMILES string of the molecule is CC1(C)OC[C@H]([C@@H]2C[C@@H]2CCCCCCCCCCOC2CCCCO2)O1. The van der Waals surface area contributed by atoms with Gasteiger partial charge in [-0.15, -0.1) is 0 Å². The highest BCUT2D eigenvalue weighted by molar-refractivity contribution is 4.94. The lowest BCUT2D eigenvalue weighted by Gasteiger charge is -2.22. The molecule has 3 rings (SSSR count). The van der Waals surface area contributed by atoms with Crippen molar-refractivity contribution in [1.29, 1.82) is 0 Å². The molecule has 158 valence electrons. The highest BCUT2D eigenvalue weighted by Crippen LogP contribution is 2.48. The van der Waals surface area contributed by atoms with E-state index < -0.39 is 0 Å². The molecular formula is C23H42O4. The molecule has 4 nitrogen and oxygen atoms in total. The second kappa shape index (κ2) is 11.1. The molecule has 0 aromatic carbocycles. The number of unbranched alkanes of at least 4 members (excludes halogenated alkanes) is 7. The summed E-state index contributed by atoms with van der Waals surface area (Å²) in [4.78, 5) is 0. The molecule has 1 saturated carbocycles. The zero-order valence-electron chi connectivity index (χ0n) is 17.8. The van der Waals surface area contributed by atoms with Crippen LogP contribution in [0.5, 0.6) is 0 Å². The highest BCUT2D eigenvalue weighted by atomic mass is 16.7. The third kappa shape index (κ3) is 8.00. The molecule has 0 radical (unpaired) electrons. The maximum absolute atomic E-state index is 6.00. The fourth-order valence-corrected chi connectivity index (χ4v) is 4.61. The van der Waals surface area contributed by atoms with Crippen LogP contribution in [0.3, 0.4) is 0 Å². The zero-order valence-corrected chi connectivity index (χ0v) is 17.8. The predicted octanol–water partition coefficient (Wildman–Crippen LogP) is 5.83. The van der Waals surface area contributed by atoms with E-state index in [0.29, 0.717) is 6.10 Å². The van der Waals surface area contributed by atoms with Gasteiger partial charge in [-0.1, -0.05) is 51.4 Å². The summed E-state index contributed by atoms with van der Waals surface area (Å²) in [5, 5.41) is 0. The summed E-state index contributed by atoms with van der Waals surface area (Å²) in [5.74, 6) is 1.32. The van der Waals surface area contributed by atoms with E-state index >= 15 is 0 Å². The molecule has 0 bridgehead atoms. The number of hydrogen-bond acceptors (Lipinski definition) is 4. The molecule has 3 aliphatic rings. The Kier molecular flexibility index (Phi) is 8.89. The van der Waals surface area contributed by atoms with Crippen LogP contribution in [0, 0.1) is 11.8 Å². The lowest BCUT2D eigenvalue weighted by Crippen LogP contribution is -2.22. The minimum Gasteiger partial charge on any atom is -0.353 e. The number of rotatable bonds is 13. The van der Waals surface area contributed by atoms with Gasteiger partial charge in [0, 0.05) is 13.2 Å². The Morgan fingerprint density at radius 1 is 0.926 bits per heavy atom. The first kappa shape index (κ1) is 21.5. The normalized spacial score (nSPS) is 32.7. The molecule has 1 unspecified atom stereocenters. The Labute approximate surface area is 166 Å². The summed E-state index contributed by atoms with van der Waals surface area (Å²) >= 11 is 0. The summed E-state index contributed by atoms with van der Waals surface area (Å²) in [6.07, 6.45) is 17.6. The van der Waals surface area contributed by atoms with Crippen LogP contribution in [0.1, 0.15) is 97.3 Å². The van der Waals surface area contributed by atoms with E-state index in [0.717, 1.165) is 38.1 Å². The van der Waals surface area contributed by atoms with E-state index in [9.17, 15) is 0 Å². The van der Waals surface area contributed by atoms with Gasteiger partial charge in [0.2, 0.25) is 0 Å². The van der Waals surface area contributed by atoms with Crippen molar-refractivity contribution in [2.24, 2.45) is 11.8 Å². The Bertz CT molecular complexity index is 405. The van der Waals surface area contributed by atoms with Gasteiger partial charge in [-0.2, -0.15) is 0 Å². The monoisotopic (exact) mass is 382 g/mol. The Morgan fingerprint density at radius 3 is 2.33 bits per heavy atom. The van der Waals surface area contributed by atoms with Crippen molar-refractivity contribution in [2.45, 2.75) is 115 Å². The molecule has 0 amide bonds. The van der Waals surface area contributed by atoms with Gasteiger partial charge in [-0.25, -0.2) is 0 Å². The minimum absolute atomic E-state index is 0.0871. The molecule has 0 N–H and O–H groups in total. The molecule has 2 saturated heterocycles. The maximum atomic E-state index is 6.00. The number of hydrogen-bond donors (Lipinski definition) is 0. The van der Waals surface area contributed by atoms with Crippen LogP contribution in [0.4, 0.5) is 0 Å². The maximum Gasteiger partial charge on any atom is 0.163 e. The molecular weight excluding hydrogens is 340 g/mol. The molecule has 2 aliphatic heterocycles. The van der Waals surface area contributed by atoms with Crippen LogP contribution in [0.15, 0.2) is 0 Å². The van der Waals surface area contributed by atoms with E-state index in [1.54, 1.807) is 0 Å². The quantitative estimate of drug-likeness (QED) is 0.376. The molecule has 2 heterocycles. The van der Waals surface area contributed by atoms with Gasteiger partial charge in [0.25, 0.3) is 0 Å². The summed E-state index contributed by atoms with van der Waals surface area (Å²) in [6, 6.07) is 0. The fraction of sp³-hybridized carbons (Fsp3) is 1.00. The first-order chi connectivity index (χ1) is 13.1. The molecule has 27 heavy (non-hydrogen) atoms. The largest absolute Gasteiger partial charge is 0.353 e. The lowest BCUT2D eigenvalue weighted by atomic mass is 10.0. The van der Waals surface area contributed by atoms with E-state index in [4.69, 9.17) is 18.9 Å². The van der Waals surface area contributed by atoms with Crippen molar-refractivity contribution < 1.29 is 18.9 Å². The van der Waals surface area contributed by atoms with Gasteiger partial charge in [-0.05, 0) is 57.8 Å². The van der Waals surface area contributed by atoms with E-state index in [2.05, 4.69) is 0 Å². The third-order valence-electron chi connectivity index (χ3n) is 6.40. The molecule has 4 heteroatoms. The summed E-state index contributed by atoms with van der Waals surface area (Å²) in [7, 11) is 0. The minimum atomic E-state index is -0.354. The zero-order chi connectivity index (χ0) is 19.0. The Balaban J connectivity index is 1.05. The highest BCUT2D eigenvalue weighted by Gasteiger charge is 2.48. The molecule has 4 atom stereocenters. The lowest BCUT2D eigenvalue weighted by molar-refractivity contribution is -0.162. The summed E-state index contributed by atoms with van der Waals surface area (Å²) in [5.41, 5.74) is 0. The van der Waals surface area contributed by atoms with Crippen molar-refractivity contribution in [2.75, 3.05) is 19.8 Å². The second-order valence-corrected chi connectivity index (χ2v) is 9.31. The molecule has 0 spiro atoms. The Hall–Kier alpha value is -0.160. The van der Waals surface area contributed by atoms with Gasteiger partial charge in [-0.3, -0.25) is 0 Å². The van der Waals surface area contributed by atoms with Gasteiger partial charge >= 0.3 is 0 Å². The average Bonchev–Trinajstić information content (AvgIpc) is 3.34. The molecule has 1 aliphatic carbocycles. The van der Waals surface area contributed by atoms with Crippen LogP contribution in [-0.4, -0.2) is 38.0 Å². The van der Waals surface area contributed by atoms with E-state index in [1.165, 1.54) is 77.0 Å². The van der Waals surface area contributed by atoms with Crippen LogP contribution >= 0.6 is 0 Å². The third-order valence-corrected chi connectivity index (χ3v) is 6.40. The standard InChI is InChI=1S/C23H42O4/c1-23(2)26-18-21(27-23)20-17-19(20)13-9-7-5-3-4-6-8-11-15-24-22-14-10-12-16-25-22/h19-22H,3-18H2,1-2H3/t19-,20+,21+,22?/m0/s1. The fourth-order valence-electron chi connectivity index (χ4n) is 4.61. The van der Waals surface area contributed by atoms with Gasteiger partial charge < -0.3 is 18.9 Å². The first-order valence-corrected chi connectivity index (χ1v) is 11.7. The van der Waals surface area contributed by atoms with Gasteiger partial charge in [0.15, 0.2) is 12.1 Å². The second-order valence-electron chi connectivity index (χ2n) is 9.31. The van der Waals surface area contributed by atoms with Crippen LogP contribution < -0.4 is 0 Å². The molecule has 0 aromatic rings. The van der Waals surface area contributed by atoms with Crippen molar-refractivity contribution in [3.63, 3.8) is 0 Å². The van der Waals surface area contributed by atoms with Crippen LogP contribution in [0.2, 0.25) is 0 Å². The molecule has 3 fully saturated rings. The summed E-state index contributed by atoms with van der Waals surface area (Å²) in [6.45, 7) is 6.62. The molecule has 0 aromatic heterocycles. The predicted molar refractivity (Wildman–Crippen MR) is 108 cm³/mol. The average molecular weight is 383 g/mol. The number of ether oxygens (including phenoxy) is 4. The van der Waals surface area contributed by atoms with Crippen molar-refractivity contribution in [3.05, 3.63) is 0 Å².